The van der Waals surface area contributed by atoms with E-state index in [4.69, 9.17) is 5.11 Å². The van der Waals surface area contributed by atoms with Gasteiger partial charge in [-0.15, -0.1) is 11.3 Å². The van der Waals surface area contributed by atoms with E-state index >= 15 is 0 Å². The van der Waals surface area contributed by atoms with Gasteiger partial charge in [-0.1, -0.05) is 12.0 Å². The molecule has 0 fully saturated rings. The molecule has 0 radical (unpaired) electrons. The summed E-state index contributed by atoms with van der Waals surface area (Å²) in [6, 6.07) is 5.10. The molecule has 0 aromatic carbocycles. The lowest BCUT2D eigenvalue weighted by molar-refractivity contribution is 0.102. The van der Waals surface area contributed by atoms with E-state index in [1.54, 1.807) is 23.6 Å². The Morgan fingerprint density at radius 2 is 2.32 bits per heavy atom. The second kappa shape index (κ2) is 6.09. The summed E-state index contributed by atoms with van der Waals surface area (Å²) in [7, 11) is 0. The number of aryl methyl sites for hydroxylation is 1. The highest BCUT2D eigenvalue weighted by Crippen LogP contribution is 2.10. The highest BCUT2D eigenvalue weighted by Gasteiger charge is 2.10. The summed E-state index contributed by atoms with van der Waals surface area (Å²) in [5, 5.41) is 13.8. The number of anilines is 1. The van der Waals surface area contributed by atoms with E-state index in [2.05, 4.69) is 27.1 Å². The van der Waals surface area contributed by atoms with Crippen molar-refractivity contribution in [1.29, 1.82) is 0 Å². The minimum Gasteiger partial charge on any atom is -0.384 e. The first-order chi connectivity index (χ1) is 9.19. The van der Waals surface area contributed by atoms with Crippen LogP contribution in [-0.4, -0.2) is 27.6 Å². The molecule has 6 heteroatoms. The van der Waals surface area contributed by atoms with Crippen molar-refractivity contribution in [2.45, 2.75) is 6.92 Å². The summed E-state index contributed by atoms with van der Waals surface area (Å²) in [6.45, 7) is 1.61. The fourth-order valence-electron chi connectivity index (χ4n) is 1.35. The number of carbonyl (C=O) groups excluding carboxylic acids is 1. The van der Waals surface area contributed by atoms with Gasteiger partial charge < -0.3 is 10.4 Å². The van der Waals surface area contributed by atoms with Crippen molar-refractivity contribution in [1.82, 2.24) is 9.97 Å². The third kappa shape index (κ3) is 3.61. The summed E-state index contributed by atoms with van der Waals surface area (Å²) < 4.78 is 0. The number of rotatable bonds is 2. The number of hydrogen-bond donors (Lipinski definition) is 2. The van der Waals surface area contributed by atoms with Crippen LogP contribution in [-0.2, 0) is 0 Å². The van der Waals surface area contributed by atoms with E-state index in [-0.39, 0.29) is 12.5 Å². The van der Waals surface area contributed by atoms with Crippen molar-refractivity contribution in [3.05, 3.63) is 40.0 Å². The normalized spacial score (nSPS) is 9.58. The second-order valence-corrected chi connectivity index (χ2v) is 4.64. The third-order valence-corrected chi connectivity index (χ3v) is 2.91. The van der Waals surface area contributed by atoms with Crippen LogP contribution in [0.2, 0.25) is 0 Å². The van der Waals surface area contributed by atoms with Crippen molar-refractivity contribution in [2.75, 3.05) is 11.9 Å². The molecule has 0 aliphatic rings. The fraction of sp³-hybridized carbons (Fsp3) is 0.154. The van der Waals surface area contributed by atoms with Gasteiger partial charge in [-0.3, -0.25) is 4.79 Å². The Balaban J connectivity index is 2.13. The van der Waals surface area contributed by atoms with Gasteiger partial charge in [0.25, 0.3) is 5.91 Å². The Morgan fingerprint density at radius 1 is 1.47 bits per heavy atom. The summed E-state index contributed by atoms with van der Waals surface area (Å²) in [5.41, 5.74) is 0.859. The van der Waals surface area contributed by atoms with E-state index in [0.29, 0.717) is 17.2 Å². The molecule has 0 aliphatic heterocycles. The van der Waals surface area contributed by atoms with Crippen molar-refractivity contribution in [2.24, 2.45) is 0 Å². The Labute approximate surface area is 114 Å². The predicted molar refractivity (Wildman–Crippen MR) is 73.0 cm³/mol. The van der Waals surface area contributed by atoms with E-state index in [1.807, 2.05) is 6.92 Å². The first kappa shape index (κ1) is 13.2. The molecule has 2 rings (SSSR count). The Morgan fingerprint density at radius 3 is 3.00 bits per heavy atom. The van der Waals surface area contributed by atoms with Gasteiger partial charge >= 0.3 is 0 Å². The molecule has 0 saturated carbocycles. The number of aliphatic hydroxyl groups excluding tert-OH is 1. The quantitative estimate of drug-likeness (QED) is 0.812. The van der Waals surface area contributed by atoms with Crippen LogP contribution in [0.1, 0.15) is 21.2 Å². The summed E-state index contributed by atoms with van der Waals surface area (Å²) in [4.78, 5) is 20.1. The number of nitrogens with one attached hydrogen (secondary N) is 1. The molecule has 0 bridgehead atoms. The average molecular weight is 273 g/mol. The number of nitrogens with zero attached hydrogens (tertiary/aromatic N) is 2. The molecule has 0 saturated heterocycles. The van der Waals surface area contributed by atoms with Gasteiger partial charge in [0, 0.05) is 5.38 Å². The van der Waals surface area contributed by atoms with Crippen LogP contribution >= 0.6 is 11.3 Å². The summed E-state index contributed by atoms with van der Waals surface area (Å²) in [6.07, 6.45) is 0. The predicted octanol–water partition coefficient (Wildman–Crippen LogP) is 1.44. The molecule has 19 heavy (non-hydrogen) atoms. The van der Waals surface area contributed by atoms with E-state index in [9.17, 15) is 4.79 Å². The lowest BCUT2D eigenvalue weighted by atomic mass is 10.3. The van der Waals surface area contributed by atoms with Crippen molar-refractivity contribution >= 4 is 23.1 Å². The maximum atomic E-state index is 11.9. The number of amides is 1. The smallest absolute Gasteiger partial charge is 0.276 e. The van der Waals surface area contributed by atoms with Gasteiger partial charge in [0.2, 0.25) is 0 Å². The molecule has 0 aliphatic carbocycles. The molecular weight excluding hydrogens is 262 g/mol. The zero-order valence-electron chi connectivity index (χ0n) is 10.2. The topological polar surface area (TPSA) is 75.1 Å². The van der Waals surface area contributed by atoms with Crippen LogP contribution in [0.25, 0.3) is 0 Å². The number of pyridine rings is 1. The Hall–Kier alpha value is -2.23. The first-order valence-corrected chi connectivity index (χ1v) is 6.37. The standard InChI is InChI=1S/C13H11N3O2S/c1-9-14-11(8-19-9)13(18)16-12-6-2-4-10(15-12)5-3-7-17/h2,4,6,8,17H,7H2,1H3,(H,15,16,18). The Bertz CT molecular complexity index is 655. The summed E-state index contributed by atoms with van der Waals surface area (Å²) >= 11 is 1.42. The van der Waals surface area contributed by atoms with Gasteiger partial charge in [-0.05, 0) is 25.0 Å². The number of thiazole rings is 1. The van der Waals surface area contributed by atoms with E-state index in [1.165, 1.54) is 11.3 Å². The van der Waals surface area contributed by atoms with Crippen LogP contribution in [0.3, 0.4) is 0 Å². The molecule has 0 atom stereocenters. The lowest BCUT2D eigenvalue weighted by Crippen LogP contribution is -2.13. The largest absolute Gasteiger partial charge is 0.384 e. The zero-order valence-corrected chi connectivity index (χ0v) is 11.0. The fourth-order valence-corrected chi connectivity index (χ4v) is 1.95. The Kier molecular flexibility index (Phi) is 4.23. The van der Waals surface area contributed by atoms with E-state index < -0.39 is 0 Å². The maximum Gasteiger partial charge on any atom is 0.276 e. The van der Waals surface area contributed by atoms with Crippen LogP contribution in [0.5, 0.6) is 0 Å². The number of hydrogen-bond acceptors (Lipinski definition) is 5. The third-order valence-electron chi connectivity index (χ3n) is 2.14. The maximum absolute atomic E-state index is 11.9. The number of aromatic nitrogens is 2. The minimum absolute atomic E-state index is 0.226. The molecule has 96 valence electrons. The van der Waals surface area contributed by atoms with Gasteiger partial charge in [-0.25, -0.2) is 9.97 Å². The molecule has 2 N–H and O–H groups in total. The first-order valence-electron chi connectivity index (χ1n) is 5.49. The molecule has 0 unspecified atom stereocenters. The average Bonchev–Trinajstić information content (AvgIpc) is 2.83. The SMILES string of the molecule is Cc1nc(C(=O)Nc2cccc(C#CCO)n2)cs1. The van der Waals surface area contributed by atoms with Crippen molar-refractivity contribution < 1.29 is 9.90 Å². The van der Waals surface area contributed by atoms with Crippen LogP contribution in [0.15, 0.2) is 23.6 Å². The van der Waals surface area contributed by atoms with Crippen LogP contribution in [0, 0.1) is 18.8 Å². The van der Waals surface area contributed by atoms with Crippen LogP contribution in [0.4, 0.5) is 5.82 Å². The monoisotopic (exact) mass is 273 g/mol. The molecule has 5 nitrogen and oxygen atoms in total. The molecule has 2 aromatic rings. The van der Waals surface area contributed by atoms with Crippen LogP contribution < -0.4 is 5.32 Å². The number of aliphatic hydroxyl groups is 1. The molecule has 2 aromatic heterocycles. The molecule has 0 spiro atoms. The van der Waals surface area contributed by atoms with Crippen molar-refractivity contribution in [3.63, 3.8) is 0 Å². The van der Waals surface area contributed by atoms with Gasteiger partial charge in [-0.2, -0.15) is 0 Å². The molecule has 1 amide bonds. The minimum atomic E-state index is -0.302. The van der Waals surface area contributed by atoms with Gasteiger partial charge in [0.05, 0.1) is 5.01 Å². The molecular formula is C13H11N3O2S. The lowest BCUT2D eigenvalue weighted by Gasteiger charge is -2.02. The van der Waals surface area contributed by atoms with Crippen molar-refractivity contribution in [3.8, 4) is 11.8 Å². The highest BCUT2D eigenvalue weighted by atomic mass is 32.1. The number of carbonyl (C=O) groups is 1. The summed E-state index contributed by atoms with van der Waals surface area (Å²) in [5.74, 6) is 5.28. The highest BCUT2D eigenvalue weighted by molar-refractivity contribution is 7.09. The molecule has 2 heterocycles. The zero-order chi connectivity index (χ0) is 13.7. The van der Waals surface area contributed by atoms with Gasteiger partial charge in [0.1, 0.15) is 23.8 Å². The van der Waals surface area contributed by atoms with Gasteiger partial charge in [0.15, 0.2) is 0 Å². The van der Waals surface area contributed by atoms with E-state index in [0.717, 1.165) is 5.01 Å². The second-order valence-electron chi connectivity index (χ2n) is 3.57.